The van der Waals surface area contributed by atoms with Gasteiger partial charge in [0.1, 0.15) is 12.2 Å². The maximum atomic E-state index is 12.7. The van der Waals surface area contributed by atoms with E-state index in [0.29, 0.717) is 17.1 Å². The minimum Gasteiger partial charge on any atom is -0.493 e. The summed E-state index contributed by atoms with van der Waals surface area (Å²) < 4.78 is 15.8. The highest BCUT2D eigenvalue weighted by molar-refractivity contribution is 5.97. The van der Waals surface area contributed by atoms with Gasteiger partial charge in [-0.2, -0.15) is 0 Å². The van der Waals surface area contributed by atoms with Crippen LogP contribution >= 0.6 is 0 Å². The molecule has 2 rings (SSSR count). The molecule has 1 aromatic heterocycles. The number of carbonyl (C=O) groups is 2. The van der Waals surface area contributed by atoms with E-state index in [0.717, 1.165) is 11.1 Å². The number of ether oxygens (including phenoxy) is 2. The Labute approximate surface area is 151 Å². The van der Waals surface area contributed by atoms with Gasteiger partial charge in [0.25, 0.3) is 5.91 Å². The van der Waals surface area contributed by atoms with Crippen LogP contribution in [0.5, 0.6) is 11.5 Å². The smallest absolute Gasteiger partial charge is 0.311 e. The molecule has 7 nitrogen and oxygen atoms in total. The molecule has 26 heavy (non-hydrogen) atoms. The summed E-state index contributed by atoms with van der Waals surface area (Å²) in [6, 6.07) is 3.34. The zero-order valence-electron chi connectivity index (χ0n) is 15.5. The van der Waals surface area contributed by atoms with Gasteiger partial charge < -0.3 is 24.3 Å². The third-order valence-corrected chi connectivity index (χ3v) is 4.18. The van der Waals surface area contributed by atoms with Gasteiger partial charge in [0, 0.05) is 5.56 Å². The third kappa shape index (κ3) is 3.99. The number of aliphatic carboxylic acids is 1. The van der Waals surface area contributed by atoms with Gasteiger partial charge in [-0.25, -0.2) is 0 Å². The van der Waals surface area contributed by atoms with Crippen LogP contribution in [-0.4, -0.2) is 31.2 Å². The Balaban J connectivity index is 2.28. The first-order valence-electron chi connectivity index (χ1n) is 8.10. The first-order chi connectivity index (χ1) is 12.3. The number of amides is 1. The lowest BCUT2D eigenvalue weighted by atomic mass is 10.0. The summed E-state index contributed by atoms with van der Waals surface area (Å²) in [6.45, 7) is 5.47. The lowest BCUT2D eigenvalue weighted by molar-refractivity contribution is -0.136. The highest BCUT2D eigenvalue weighted by Gasteiger charge is 2.23. The maximum absolute atomic E-state index is 12.7. The topological polar surface area (TPSA) is 98.0 Å². The van der Waals surface area contributed by atoms with Crippen LogP contribution in [0, 0.1) is 13.8 Å². The van der Waals surface area contributed by atoms with Crippen LogP contribution in [0.4, 0.5) is 0 Å². The number of carboxylic acid groups (broad SMARTS) is 1. The Morgan fingerprint density at radius 1 is 1.15 bits per heavy atom. The standard InChI is InChI=1S/C19H23NO6/c1-10-6-14(24-4)15(25-5)7-13(10)12(3)20-19(23)18-11(2)9-26-16(18)8-17(21)22/h6-7,9,12H,8H2,1-5H3,(H,20,23)(H,21,22). The fourth-order valence-electron chi connectivity index (χ4n) is 2.88. The molecule has 1 unspecified atom stereocenters. The molecular formula is C19H23NO6. The van der Waals surface area contributed by atoms with Crippen LogP contribution in [-0.2, 0) is 11.2 Å². The van der Waals surface area contributed by atoms with Crippen molar-refractivity contribution in [3.63, 3.8) is 0 Å². The second-order valence-corrected chi connectivity index (χ2v) is 6.05. The predicted octanol–water partition coefficient (Wildman–Crippen LogP) is 3.03. The summed E-state index contributed by atoms with van der Waals surface area (Å²) >= 11 is 0. The van der Waals surface area contributed by atoms with E-state index in [1.165, 1.54) is 6.26 Å². The third-order valence-electron chi connectivity index (χ3n) is 4.18. The van der Waals surface area contributed by atoms with Crippen molar-refractivity contribution in [2.75, 3.05) is 14.2 Å². The number of rotatable bonds is 7. The van der Waals surface area contributed by atoms with E-state index in [1.54, 1.807) is 21.1 Å². The van der Waals surface area contributed by atoms with Crippen LogP contribution in [0.2, 0.25) is 0 Å². The molecule has 0 radical (unpaired) electrons. The Morgan fingerprint density at radius 3 is 2.35 bits per heavy atom. The van der Waals surface area contributed by atoms with Crippen molar-refractivity contribution in [2.45, 2.75) is 33.2 Å². The van der Waals surface area contributed by atoms with Gasteiger partial charge in [-0.1, -0.05) is 0 Å². The van der Waals surface area contributed by atoms with E-state index in [9.17, 15) is 9.59 Å². The molecule has 0 aliphatic heterocycles. The van der Waals surface area contributed by atoms with E-state index in [2.05, 4.69) is 5.32 Å². The van der Waals surface area contributed by atoms with Crippen molar-refractivity contribution in [3.05, 3.63) is 46.4 Å². The monoisotopic (exact) mass is 361 g/mol. The normalized spacial score (nSPS) is 11.7. The van der Waals surface area contributed by atoms with E-state index in [4.69, 9.17) is 19.0 Å². The Kier molecular flexibility index (Phi) is 5.92. The summed E-state index contributed by atoms with van der Waals surface area (Å²) in [5.74, 6) is -0.114. The Morgan fingerprint density at radius 2 is 1.77 bits per heavy atom. The number of furan rings is 1. The summed E-state index contributed by atoms with van der Waals surface area (Å²) in [5, 5.41) is 11.9. The number of nitrogens with one attached hydrogen (secondary N) is 1. The molecule has 0 spiro atoms. The van der Waals surface area contributed by atoms with Gasteiger partial charge in [-0.3, -0.25) is 9.59 Å². The van der Waals surface area contributed by atoms with Crippen molar-refractivity contribution in [3.8, 4) is 11.5 Å². The summed E-state index contributed by atoms with van der Waals surface area (Å²) in [5.41, 5.74) is 2.66. The zero-order valence-corrected chi connectivity index (χ0v) is 15.5. The highest BCUT2D eigenvalue weighted by atomic mass is 16.5. The van der Waals surface area contributed by atoms with Gasteiger partial charge in [-0.15, -0.1) is 0 Å². The molecule has 2 N–H and O–H groups in total. The molecule has 1 aromatic carbocycles. The molecule has 2 aromatic rings. The number of carbonyl (C=O) groups excluding carboxylic acids is 1. The van der Waals surface area contributed by atoms with E-state index >= 15 is 0 Å². The fourth-order valence-corrected chi connectivity index (χ4v) is 2.88. The quantitative estimate of drug-likeness (QED) is 0.787. The van der Waals surface area contributed by atoms with Crippen LogP contribution in [0.25, 0.3) is 0 Å². The molecule has 1 heterocycles. The van der Waals surface area contributed by atoms with Gasteiger partial charge in [0.2, 0.25) is 0 Å². The first kappa shape index (κ1) is 19.4. The van der Waals surface area contributed by atoms with Gasteiger partial charge >= 0.3 is 5.97 Å². The minimum absolute atomic E-state index is 0.142. The van der Waals surface area contributed by atoms with Crippen molar-refractivity contribution in [2.24, 2.45) is 0 Å². The first-order valence-corrected chi connectivity index (χ1v) is 8.10. The number of hydrogen-bond acceptors (Lipinski definition) is 5. The number of carboxylic acids is 1. The largest absolute Gasteiger partial charge is 0.493 e. The van der Waals surface area contributed by atoms with Gasteiger partial charge in [-0.05, 0) is 44.0 Å². The average molecular weight is 361 g/mol. The van der Waals surface area contributed by atoms with Crippen LogP contribution < -0.4 is 14.8 Å². The van der Waals surface area contributed by atoms with E-state index in [1.807, 2.05) is 26.0 Å². The summed E-state index contributed by atoms with van der Waals surface area (Å²) in [4.78, 5) is 23.6. The molecule has 0 bridgehead atoms. The van der Waals surface area contributed by atoms with Crippen molar-refractivity contribution < 1.29 is 28.6 Å². The summed E-state index contributed by atoms with van der Waals surface area (Å²) in [6.07, 6.45) is 1.04. The second-order valence-electron chi connectivity index (χ2n) is 6.05. The Hall–Kier alpha value is -2.96. The van der Waals surface area contributed by atoms with E-state index in [-0.39, 0.29) is 29.7 Å². The maximum Gasteiger partial charge on any atom is 0.311 e. The SMILES string of the molecule is COc1cc(C)c(C(C)NC(=O)c2c(C)coc2CC(=O)O)cc1OC. The molecule has 0 fully saturated rings. The molecule has 0 aliphatic carbocycles. The van der Waals surface area contributed by atoms with Crippen molar-refractivity contribution >= 4 is 11.9 Å². The highest BCUT2D eigenvalue weighted by Crippen LogP contribution is 2.33. The number of benzene rings is 1. The molecule has 0 saturated heterocycles. The number of methoxy groups -OCH3 is 2. The minimum atomic E-state index is -1.06. The summed E-state index contributed by atoms with van der Waals surface area (Å²) in [7, 11) is 3.11. The average Bonchev–Trinajstić information content (AvgIpc) is 2.93. The molecular weight excluding hydrogens is 338 g/mol. The lowest BCUT2D eigenvalue weighted by Gasteiger charge is -2.19. The molecule has 140 valence electrons. The molecule has 0 aliphatic rings. The van der Waals surface area contributed by atoms with Gasteiger partial charge in [0.05, 0.1) is 32.1 Å². The van der Waals surface area contributed by atoms with Crippen molar-refractivity contribution in [1.29, 1.82) is 0 Å². The zero-order chi connectivity index (χ0) is 19.4. The number of hydrogen-bond donors (Lipinski definition) is 2. The molecule has 1 amide bonds. The predicted molar refractivity (Wildman–Crippen MR) is 94.9 cm³/mol. The molecule has 0 saturated carbocycles. The molecule has 1 atom stereocenters. The van der Waals surface area contributed by atoms with Gasteiger partial charge in [0.15, 0.2) is 11.5 Å². The fraction of sp³-hybridized carbons (Fsp3) is 0.368. The Bertz CT molecular complexity index is 824. The van der Waals surface area contributed by atoms with E-state index < -0.39 is 5.97 Å². The lowest BCUT2D eigenvalue weighted by Crippen LogP contribution is -2.28. The molecule has 7 heteroatoms. The van der Waals surface area contributed by atoms with Crippen LogP contribution in [0.3, 0.4) is 0 Å². The van der Waals surface area contributed by atoms with Crippen molar-refractivity contribution in [1.82, 2.24) is 5.32 Å². The van der Waals surface area contributed by atoms with Crippen LogP contribution in [0.15, 0.2) is 22.8 Å². The second kappa shape index (κ2) is 7.95. The number of aryl methyl sites for hydroxylation is 2. The van der Waals surface area contributed by atoms with Crippen LogP contribution in [0.1, 0.15) is 45.8 Å².